The van der Waals surface area contributed by atoms with Crippen LogP contribution < -0.4 is 9.80 Å². The normalized spacial score (nSPS) is 13.5. The van der Waals surface area contributed by atoms with Crippen molar-refractivity contribution in [1.82, 2.24) is 19.5 Å². The summed E-state index contributed by atoms with van der Waals surface area (Å²) in [6.07, 6.45) is 0. The molecule has 4 heterocycles. The molecule has 12 aromatic carbocycles. The Bertz CT molecular complexity index is 4820. The summed E-state index contributed by atoms with van der Waals surface area (Å²) < 4.78 is 2.50. The first-order valence-corrected chi connectivity index (χ1v) is 29.3. The van der Waals surface area contributed by atoms with Crippen LogP contribution in [0.4, 0.5) is 34.1 Å². The molecule has 1 aliphatic carbocycles. The molecule has 0 spiro atoms. The Hall–Kier alpha value is -11.0. The van der Waals surface area contributed by atoms with Crippen molar-refractivity contribution >= 4 is 55.9 Å². The number of nitrogens with zero attached hydrogens (tertiary/aromatic N) is 6. The fourth-order valence-corrected chi connectivity index (χ4v) is 14.2. The van der Waals surface area contributed by atoms with Gasteiger partial charge in [0.2, 0.25) is 0 Å². The largest absolute Gasteiger partial charge is 0.310 e. The third kappa shape index (κ3) is 7.55. The summed E-state index contributed by atoms with van der Waals surface area (Å²) in [4.78, 5) is 21.1. The molecule has 0 amide bonds. The van der Waals surface area contributed by atoms with Gasteiger partial charge < -0.3 is 14.4 Å². The highest BCUT2D eigenvalue weighted by Gasteiger charge is 2.42. The maximum atomic E-state index is 5.46. The van der Waals surface area contributed by atoms with Gasteiger partial charge in [-0.2, -0.15) is 0 Å². The number of hydrogen-bond donors (Lipinski definition) is 0. The van der Waals surface area contributed by atoms with Crippen molar-refractivity contribution in [3.63, 3.8) is 0 Å². The molecule has 2 aliphatic heterocycles. The average molecular weight is 1090 g/mol. The number of aromatic nitrogens is 4. The van der Waals surface area contributed by atoms with Crippen molar-refractivity contribution in [3.05, 3.63) is 313 Å². The number of fused-ring (bicyclic) bond motifs is 10. The van der Waals surface area contributed by atoms with Crippen LogP contribution in [-0.4, -0.2) is 19.5 Å². The molecular formula is C79H54N6. The highest BCUT2D eigenvalue weighted by Crippen LogP contribution is 2.61. The Balaban J connectivity index is 0.939. The minimum absolute atomic E-state index is 0.00964. The highest BCUT2D eigenvalue weighted by atomic mass is 15.2. The summed E-state index contributed by atoms with van der Waals surface area (Å²) in [5.41, 5.74) is 26.0. The van der Waals surface area contributed by atoms with Gasteiger partial charge in [0, 0.05) is 61.3 Å². The summed E-state index contributed by atoms with van der Waals surface area (Å²) in [5, 5.41) is 2.37. The predicted octanol–water partition coefficient (Wildman–Crippen LogP) is 20.4. The minimum Gasteiger partial charge on any atom is -0.310 e. The summed E-state index contributed by atoms with van der Waals surface area (Å²) in [6, 6.07) is 104. The molecule has 0 radical (unpaired) electrons. The lowest BCUT2D eigenvalue weighted by Gasteiger charge is -2.45. The topological polar surface area (TPSA) is 50.1 Å². The average Bonchev–Trinajstić information content (AvgIpc) is 1.69. The van der Waals surface area contributed by atoms with E-state index >= 15 is 0 Å². The molecule has 0 bridgehead atoms. The van der Waals surface area contributed by atoms with Crippen molar-refractivity contribution in [1.29, 1.82) is 0 Å². The van der Waals surface area contributed by atoms with Gasteiger partial charge >= 0.3 is 0 Å². The van der Waals surface area contributed by atoms with Crippen LogP contribution in [-0.2, 0) is 5.41 Å². The van der Waals surface area contributed by atoms with Gasteiger partial charge in [-0.05, 0) is 129 Å². The molecule has 0 N–H and O–H groups in total. The number of para-hydroxylation sites is 6. The van der Waals surface area contributed by atoms with E-state index < -0.39 is 0 Å². The molecule has 400 valence electrons. The second-order valence-corrected chi connectivity index (χ2v) is 23.1. The summed E-state index contributed by atoms with van der Waals surface area (Å²) >= 11 is 0. The minimum atomic E-state index is -0.230. The van der Waals surface area contributed by atoms with Crippen LogP contribution >= 0.6 is 0 Å². The van der Waals surface area contributed by atoms with E-state index in [9.17, 15) is 0 Å². The zero-order valence-corrected chi connectivity index (χ0v) is 46.9. The highest BCUT2D eigenvalue weighted by molar-refractivity contribution is 6.13. The molecule has 14 aromatic rings. The summed E-state index contributed by atoms with van der Waals surface area (Å²) in [7, 11) is 0. The van der Waals surface area contributed by atoms with Crippen molar-refractivity contribution in [2.45, 2.75) is 25.2 Å². The van der Waals surface area contributed by atoms with E-state index in [2.05, 4.69) is 277 Å². The monoisotopic (exact) mass is 1090 g/mol. The van der Waals surface area contributed by atoms with E-state index in [1.807, 2.05) is 36.4 Å². The molecule has 0 saturated carbocycles. The first-order chi connectivity index (χ1) is 41.9. The molecule has 17 rings (SSSR count). The second kappa shape index (κ2) is 19.1. The van der Waals surface area contributed by atoms with Crippen molar-refractivity contribution in [2.75, 3.05) is 9.80 Å². The maximum Gasteiger partial charge on any atom is 0.166 e. The Morgan fingerprint density at radius 1 is 0.318 bits per heavy atom. The van der Waals surface area contributed by atoms with Crippen molar-refractivity contribution in [3.8, 4) is 73.2 Å². The van der Waals surface area contributed by atoms with Gasteiger partial charge in [-0.25, -0.2) is 15.0 Å². The number of rotatable bonds is 8. The summed E-state index contributed by atoms with van der Waals surface area (Å²) in [6.45, 7) is 4.74. The first kappa shape index (κ1) is 48.7. The fourth-order valence-electron chi connectivity index (χ4n) is 14.2. The van der Waals surface area contributed by atoms with Gasteiger partial charge in [-0.3, -0.25) is 0 Å². The van der Waals surface area contributed by atoms with Gasteiger partial charge in [-0.15, -0.1) is 0 Å². The van der Waals surface area contributed by atoms with Crippen LogP contribution in [0.3, 0.4) is 0 Å². The maximum absolute atomic E-state index is 5.46. The van der Waals surface area contributed by atoms with Gasteiger partial charge in [0.05, 0.1) is 39.5 Å². The van der Waals surface area contributed by atoms with E-state index in [1.165, 1.54) is 61.1 Å². The van der Waals surface area contributed by atoms with Crippen LogP contribution in [0.2, 0.25) is 0 Å². The molecule has 0 fully saturated rings. The molecule has 85 heavy (non-hydrogen) atoms. The summed E-state index contributed by atoms with van der Waals surface area (Å²) in [5.74, 6) is 1.82. The van der Waals surface area contributed by atoms with Gasteiger partial charge in [0.1, 0.15) is 0 Å². The lowest BCUT2D eigenvalue weighted by molar-refractivity contribution is 0.661. The van der Waals surface area contributed by atoms with Gasteiger partial charge in [0.25, 0.3) is 0 Å². The Morgan fingerprint density at radius 2 is 0.812 bits per heavy atom. The zero-order valence-electron chi connectivity index (χ0n) is 46.9. The first-order valence-electron chi connectivity index (χ1n) is 29.3. The third-order valence-electron chi connectivity index (χ3n) is 18.0. The Kier molecular flexibility index (Phi) is 10.9. The van der Waals surface area contributed by atoms with Crippen LogP contribution in [0.5, 0.6) is 0 Å². The van der Waals surface area contributed by atoms with Crippen LogP contribution in [0.25, 0.3) is 95.0 Å². The Labute approximate surface area is 493 Å². The fraction of sp³-hybridized carbons (Fsp3) is 0.0506. The molecule has 0 unspecified atom stereocenters. The van der Waals surface area contributed by atoms with Crippen LogP contribution in [0.15, 0.2) is 285 Å². The van der Waals surface area contributed by atoms with Crippen molar-refractivity contribution in [2.24, 2.45) is 0 Å². The SMILES string of the molecule is CC1(C)c2ccccc2-c2cc3c4ccccc4n(-c4c(-c5cccc(-c6cc7c8c(c6)N(c6ccccc6)c6ccccc6C8c6ccccc6N7c6ccccc6)c5)cccc4-c4nc(-c5ccccc5)nc(-c5ccccc5)n4)c3cc21. The van der Waals surface area contributed by atoms with Crippen LogP contribution in [0, 0.1) is 0 Å². The molecule has 2 aromatic heterocycles. The lowest BCUT2D eigenvalue weighted by Crippen LogP contribution is -2.29. The molecule has 6 heteroatoms. The molecule has 6 nitrogen and oxygen atoms in total. The Morgan fingerprint density at radius 3 is 1.46 bits per heavy atom. The predicted molar refractivity (Wildman–Crippen MR) is 349 cm³/mol. The number of hydrogen-bond acceptors (Lipinski definition) is 5. The quantitative estimate of drug-likeness (QED) is 0.152. The second-order valence-electron chi connectivity index (χ2n) is 23.1. The van der Waals surface area contributed by atoms with E-state index in [0.717, 1.165) is 78.4 Å². The van der Waals surface area contributed by atoms with Crippen LogP contribution in [0.1, 0.15) is 47.6 Å². The molecular weight excluding hydrogens is 1030 g/mol. The van der Waals surface area contributed by atoms with E-state index in [4.69, 9.17) is 15.0 Å². The smallest absolute Gasteiger partial charge is 0.166 e. The van der Waals surface area contributed by atoms with E-state index in [1.54, 1.807) is 0 Å². The molecule has 0 atom stereocenters. The number of anilines is 6. The third-order valence-corrected chi connectivity index (χ3v) is 18.0. The standard InChI is InChI=1S/C79H54N6/c1-79(2)65-41-19-15-35-58(65)63-48-64-59-36-16-20-42-67(59)85(70(64)49-66(63)79)75-57(39-24-40-62(75)78-81-76(50-25-7-3-8-26-50)80-77(82-78)51-27-9-4-10-28-51)53-30-23-29-52(45-53)54-46-71-74-72(47-54)84(56-33-13-6-14-34-56)69-44-22-18-38-61(69)73(74)60-37-17-21-43-68(60)83(71)55-31-11-5-12-32-55/h3-49,73H,1-2H3. The van der Waals surface area contributed by atoms with Crippen molar-refractivity contribution < 1.29 is 0 Å². The lowest BCUT2D eigenvalue weighted by atomic mass is 9.75. The number of benzene rings is 12. The van der Waals surface area contributed by atoms with Gasteiger partial charge in [0.15, 0.2) is 17.5 Å². The molecule has 0 saturated heterocycles. The van der Waals surface area contributed by atoms with E-state index in [-0.39, 0.29) is 11.3 Å². The molecule has 3 aliphatic rings. The van der Waals surface area contributed by atoms with E-state index in [0.29, 0.717) is 17.5 Å². The van der Waals surface area contributed by atoms with Gasteiger partial charge in [-0.1, -0.05) is 220 Å². The zero-order chi connectivity index (χ0) is 56.3.